The lowest BCUT2D eigenvalue weighted by Crippen LogP contribution is -2.54. The predicted octanol–water partition coefficient (Wildman–Crippen LogP) is 5.89. The minimum Gasteiger partial charge on any atom is -0.490 e. The van der Waals surface area contributed by atoms with E-state index in [1.165, 1.54) is 11.0 Å². The summed E-state index contributed by atoms with van der Waals surface area (Å²) in [6.07, 6.45) is 3.48. The van der Waals surface area contributed by atoms with Crippen molar-refractivity contribution < 1.29 is 23.8 Å². The summed E-state index contributed by atoms with van der Waals surface area (Å²) in [4.78, 5) is 27.4. The second-order valence-corrected chi connectivity index (χ2v) is 8.59. The molecule has 1 aliphatic rings. The van der Waals surface area contributed by atoms with Crippen LogP contribution >= 0.6 is 12.2 Å². The highest BCUT2D eigenvalue weighted by atomic mass is 32.1. The number of unbranched alkanes of at least 4 members (excludes halogenated alkanes) is 1. The van der Waals surface area contributed by atoms with Gasteiger partial charge in [0.1, 0.15) is 17.1 Å². The molecule has 0 atom stereocenters. The highest BCUT2D eigenvalue weighted by Crippen LogP contribution is 2.31. The van der Waals surface area contributed by atoms with Gasteiger partial charge >= 0.3 is 0 Å². The predicted molar refractivity (Wildman–Crippen MR) is 147 cm³/mol. The Morgan fingerprint density at radius 1 is 0.892 bits per heavy atom. The van der Waals surface area contributed by atoms with Crippen LogP contribution in [0.4, 0.5) is 5.69 Å². The third kappa shape index (κ3) is 6.34. The van der Waals surface area contributed by atoms with Crippen molar-refractivity contribution in [2.75, 3.05) is 18.1 Å². The molecule has 7 nitrogen and oxygen atoms in total. The summed E-state index contributed by atoms with van der Waals surface area (Å²) >= 11 is 5.32. The summed E-state index contributed by atoms with van der Waals surface area (Å²) in [5.41, 5.74) is 1.10. The van der Waals surface area contributed by atoms with Crippen molar-refractivity contribution in [1.29, 1.82) is 0 Å². The molecule has 0 spiro atoms. The van der Waals surface area contributed by atoms with E-state index in [-0.39, 0.29) is 10.7 Å². The Morgan fingerprint density at radius 2 is 1.62 bits per heavy atom. The van der Waals surface area contributed by atoms with Crippen LogP contribution in [-0.2, 0) is 9.59 Å². The first kappa shape index (κ1) is 25.9. The molecule has 190 valence electrons. The molecule has 0 aliphatic carbocycles. The van der Waals surface area contributed by atoms with Crippen molar-refractivity contribution in [1.82, 2.24) is 5.32 Å². The second kappa shape index (κ2) is 12.2. The van der Waals surface area contributed by atoms with Gasteiger partial charge in [0.2, 0.25) is 0 Å². The summed E-state index contributed by atoms with van der Waals surface area (Å²) in [6.45, 7) is 5.01. The van der Waals surface area contributed by atoms with E-state index in [9.17, 15) is 9.59 Å². The van der Waals surface area contributed by atoms with Gasteiger partial charge in [-0.1, -0.05) is 37.6 Å². The molecule has 3 aromatic rings. The van der Waals surface area contributed by atoms with Crippen molar-refractivity contribution >= 4 is 40.9 Å². The third-order valence-electron chi connectivity index (χ3n) is 5.51. The quantitative estimate of drug-likeness (QED) is 0.157. The van der Waals surface area contributed by atoms with Crippen LogP contribution in [0.15, 0.2) is 78.4 Å². The van der Waals surface area contributed by atoms with Crippen LogP contribution in [0, 0.1) is 0 Å². The van der Waals surface area contributed by atoms with Crippen LogP contribution in [0.3, 0.4) is 0 Å². The highest BCUT2D eigenvalue weighted by Gasteiger charge is 2.34. The zero-order valence-electron chi connectivity index (χ0n) is 20.7. The normalized spacial score (nSPS) is 14.5. The van der Waals surface area contributed by atoms with Gasteiger partial charge in [-0.3, -0.25) is 19.8 Å². The average molecular weight is 517 g/mol. The van der Waals surface area contributed by atoms with Crippen LogP contribution < -0.4 is 24.4 Å². The lowest BCUT2D eigenvalue weighted by atomic mass is 10.1. The Balaban J connectivity index is 1.57. The zero-order chi connectivity index (χ0) is 26.2. The van der Waals surface area contributed by atoms with Crippen molar-refractivity contribution in [2.24, 2.45) is 0 Å². The fourth-order valence-corrected chi connectivity index (χ4v) is 3.96. The molecule has 1 aliphatic heterocycles. The van der Waals surface area contributed by atoms with Gasteiger partial charge in [0.05, 0.1) is 18.9 Å². The Morgan fingerprint density at radius 3 is 2.32 bits per heavy atom. The minimum atomic E-state index is -0.559. The van der Waals surface area contributed by atoms with Gasteiger partial charge in [-0.15, -0.1) is 0 Å². The molecule has 1 fully saturated rings. The van der Waals surface area contributed by atoms with E-state index in [2.05, 4.69) is 12.2 Å². The van der Waals surface area contributed by atoms with Gasteiger partial charge in [-0.2, -0.15) is 0 Å². The number of amides is 2. The number of benzene rings is 3. The molecule has 1 heterocycles. The molecule has 0 aromatic heterocycles. The molecule has 3 aromatic carbocycles. The smallest absolute Gasteiger partial charge is 0.270 e. The fourth-order valence-electron chi connectivity index (χ4n) is 3.67. The van der Waals surface area contributed by atoms with Crippen molar-refractivity contribution in [3.05, 3.63) is 83.9 Å². The number of hydrogen-bond donors (Lipinski definition) is 1. The maximum Gasteiger partial charge on any atom is 0.270 e. The summed E-state index contributed by atoms with van der Waals surface area (Å²) < 4.78 is 17.4. The number of rotatable bonds is 10. The van der Waals surface area contributed by atoms with E-state index >= 15 is 0 Å². The van der Waals surface area contributed by atoms with Crippen LogP contribution in [0.1, 0.15) is 32.3 Å². The second-order valence-electron chi connectivity index (χ2n) is 8.21. The summed E-state index contributed by atoms with van der Waals surface area (Å²) in [5, 5.41) is 2.62. The van der Waals surface area contributed by atoms with Gasteiger partial charge < -0.3 is 14.2 Å². The minimum absolute atomic E-state index is 0.0126. The summed E-state index contributed by atoms with van der Waals surface area (Å²) in [6, 6.07) is 21.6. The lowest BCUT2D eigenvalue weighted by Gasteiger charge is -2.29. The third-order valence-corrected chi connectivity index (χ3v) is 5.79. The summed E-state index contributed by atoms with van der Waals surface area (Å²) in [5.74, 6) is 1.40. The number of thiocarbonyl (C=S) groups is 1. The Hall–Kier alpha value is -4.17. The largest absolute Gasteiger partial charge is 0.490 e. The van der Waals surface area contributed by atoms with E-state index in [4.69, 9.17) is 26.4 Å². The van der Waals surface area contributed by atoms with Gasteiger partial charge in [-0.25, -0.2) is 0 Å². The van der Waals surface area contributed by atoms with Crippen LogP contribution in [0.25, 0.3) is 6.08 Å². The molecular weight excluding hydrogens is 488 g/mol. The maximum absolute atomic E-state index is 13.4. The Bertz CT molecular complexity index is 1310. The topological polar surface area (TPSA) is 77.1 Å². The van der Waals surface area contributed by atoms with Gasteiger partial charge in [0, 0.05) is 0 Å². The number of hydrogen-bond acceptors (Lipinski definition) is 6. The maximum atomic E-state index is 13.4. The van der Waals surface area contributed by atoms with Crippen LogP contribution in [0.5, 0.6) is 23.0 Å². The number of anilines is 1. The number of para-hydroxylation sites is 1. The molecule has 37 heavy (non-hydrogen) atoms. The van der Waals surface area contributed by atoms with Gasteiger partial charge in [-0.05, 0) is 85.7 Å². The molecule has 0 saturated carbocycles. The molecule has 1 N–H and O–H groups in total. The van der Waals surface area contributed by atoms with Crippen molar-refractivity contribution in [3.8, 4) is 23.0 Å². The number of nitrogens with one attached hydrogen (secondary N) is 1. The highest BCUT2D eigenvalue weighted by molar-refractivity contribution is 7.80. The molecule has 2 amide bonds. The molecule has 0 unspecified atom stereocenters. The number of nitrogens with zero attached hydrogens (tertiary/aromatic N) is 1. The SMILES string of the molecule is CCCCOc1ccc(/C=C2\C(=O)NC(=S)N(c3ccc(Oc4ccccc4)cc3)C2=O)cc1OCC. The van der Waals surface area contributed by atoms with Crippen LogP contribution in [-0.4, -0.2) is 30.1 Å². The van der Waals surface area contributed by atoms with E-state index in [1.807, 2.05) is 37.3 Å². The molecule has 0 radical (unpaired) electrons. The molecule has 1 saturated heterocycles. The molecule has 8 heteroatoms. The van der Waals surface area contributed by atoms with E-state index < -0.39 is 11.8 Å². The van der Waals surface area contributed by atoms with Crippen molar-refractivity contribution in [3.63, 3.8) is 0 Å². The van der Waals surface area contributed by atoms with Gasteiger partial charge in [0.25, 0.3) is 11.8 Å². The molecular formula is C29H28N2O5S. The van der Waals surface area contributed by atoms with Crippen molar-refractivity contribution in [2.45, 2.75) is 26.7 Å². The van der Waals surface area contributed by atoms with E-state index in [0.717, 1.165) is 12.8 Å². The van der Waals surface area contributed by atoms with Gasteiger partial charge in [0.15, 0.2) is 16.6 Å². The first-order valence-corrected chi connectivity index (χ1v) is 12.5. The zero-order valence-corrected chi connectivity index (χ0v) is 21.5. The Labute approximate surface area is 221 Å². The van der Waals surface area contributed by atoms with E-state index in [0.29, 0.717) is 47.5 Å². The van der Waals surface area contributed by atoms with E-state index in [1.54, 1.807) is 42.5 Å². The standard InChI is InChI=1S/C29H28N2O5S/c1-3-5-17-35-25-16-11-20(19-26(25)34-4-2)18-24-27(32)30-29(37)31(28(24)33)21-12-14-23(15-13-21)36-22-9-7-6-8-10-22/h6-16,18-19H,3-5,17H2,1-2H3,(H,30,32,37)/b24-18+. The first-order valence-electron chi connectivity index (χ1n) is 12.1. The molecule has 4 rings (SSSR count). The first-order chi connectivity index (χ1) is 18.0. The number of ether oxygens (including phenoxy) is 3. The number of carbonyl (C=O) groups excluding carboxylic acids is 2. The average Bonchev–Trinajstić information content (AvgIpc) is 2.89. The molecule has 0 bridgehead atoms. The lowest BCUT2D eigenvalue weighted by molar-refractivity contribution is -0.122. The monoisotopic (exact) mass is 516 g/mol. The fraction of sp³-hybridized carbons (Fsp3) is 0.207. The summed E-state index contributed by atoms with van der Waals surface area (Å²) in [7, 11) is 0. The Kier molecular flexibility index (Phi) is 8.53. The number of carbonyl (C=O) groups is 2. The van der Waals surface area contributed by atoms with Crippen LogP contribution in [0.2, 0.25) is 0 Å².